The lowest BCUT2D eigenvalue weighted by molar-refractivity contribution is 1.10. The first-order valence-corrected chi connectivity index (χ1v) is 5.43. The summed E-state index contributed by atoms with van der Waals surface area (Å²) in [5.74, 6) is 0.318. The Kier molecular flexibility index (Phi) is 4.25. The van der Waals surface area contributed by atoms with Crippen LogP contribution in [-0.2, 0) is 0 Å². The van der Waals surface area contributed by atoms with Crippen LogP contribution in [0.15, 0.2) is 29.3 Å². The zero-order valence-electron chi connectivity index (χ0n) is 9.47. The second-order valence-corrected chi connectivity index (χ2v) is 3.76. The van der Waals surface area contributed by atoms with E-state index in [0.717, 1.165) is 11.3 Å². The second-order valence-electron chi connectivity index (χ2n) is 3.34. The number of benzene rings is 1. The van der Waals surface area contributed by atoms with Crippen molar-refractivity contribution in [3.05, 3.63) is 29.8 Å². The largest absolute Gasteiger partial charge is 0.376 e. The summed E-state index contributed by atoms with van der Waals surface area (Å²) in [5, 5.41) is 0.193. The minimum atomic E-state index is 0.193. The van der Waals surface area contributed by atoms with Crippen molar-refractivity contribution in [3.63, 3.8) is 0 Å². The molecule has 86 valence electrons. The topological polar surface area (TPSA) is 67.6 Å². The van der Waals surface area contributed by atoms with Crippen molar-refractivity contribution in [2.75, 3.05) is 11.4 Å². The highest BCUT2D eigenvalue weighted by atomic mass is 32.1. The van der Waals surface area contributed by atoms with Gasteiger partial charge in [-0.1, -0.05) is 17.7 Å². The Bertz CT molecular complexity index is 397. The SMILES string of the molecule is CCN=C(N)N(C(N)=S)c1ccc(C)cc1. The summed E-state index contributed by atoms with van der Waals surface area (Å²) < 4.78 is 0. The molecule has 0 saturated carbocycles. The van der Waals surface area contributed by atoms with Gasteiger partial charge in [0.05, 0.1) is 5.69 Å². The minimum Gasteiger partial charge on any atom is -0.376 e. The molecule has 0 spiro atoms. The fourth-order valence-corrected chi connectivity index (χ4v) is 1.50. The van der Waals surface area contributed by atoms with Gasteiger partial charge < -0.3 is 11.5 Å². The molecule has 0 heterocycles. The molecule has 0 unspecified atom stereocenters. The van der Waals surface area contributed by atoms with E-state index >= 15 is 0 Å². The summed E-state index contributed by atoms with van der Waals surface area (Å²) in [6.07, 6.45) is 0. The van der Waals surface area contributed by atoms with Gasteiger partial charge in [0.25, 0.3) is 0 Å². The van der Waals surface area contributed by atoms with Gasteiger partial charge in [0.15, 0.2) is 5.11 Å². The lowest BCUT2D eigenvalue weighted by Gasteiger charge is -2.21. The smallest absolute Gasteiger partial charge is 0.202 e. The molecule has 1 rings (SSSR count). The van der Waals surface area contributed by atoms with Gasteiger partial charge in [-0.2, -0.15) is 0 Å². The molecule has 1 aromatic rings. The standard InChI is InChI=1S/C11H16N4S/c1-3-14-10(12)15(11(13)16)9-6-4-8(2)5-7-9/h4-7H,3H2,1-2H3,(H2,12,14)(H2,13,16). The van der Waals surface area contributed by atoms with Gasteiger partial charge in [-0.15, -0.1) is 0 Å². The number of thiocarbonyl (C=S) groups is 1. The van der Waals surface area contributed by atoms with E-state index in [0.29, 0.717) is 12.5 Å². The van der Waals surface area contributed by atoms with Gasteiger partial charge >= 0.3 is 0 Å². The Balaban J connectivity index is 3.08. The van der Waals surface area contributed by atoms with E-state index in [9.17, 15) is 0 Å². The molecule has 1 aromatic carbocycles. The molecule has 0 radical (unpaired) electrons. The normalized spacial score (nSPS) is 11.2. The molecule has 0 fully saturated rings. The van der Waals surface area contributed by atoms with Crippen LogP contribution in [0.4, 0.5) is 5.69 Å². The Morgan fingerprint density at radius 1 is 1.31 bits per heavy atom. The van der Waals surface area contributed by atoms with Crippen molar-refractivity contribution >= 4 is 29.0 Å². The number of nitrogens with two attached hydrogens (primary N) is 2. The van der Waals surface area contributed by atoms with E-state index in [4.69, 9.17) is 23.7 Å². The lowest BCUT2D eigenvalue weighted by atomic mass is 10.2. The zero-order valence-corrected chi connectivity index (χ0v) is 10.3. The van der Waals surface area contributed by atoms with Crippen LogP contribution in [0.25, 0.3) is 0 Å². The maximum absolute atomic E-state index is 5.81. The molecule has 0 aromatic heterocycles. The fourth-order valence-electron chi connectivity index (χ4n) is 1.30. The number of anilines is 1. The van der Waals surface area contributed by atoms with Crippen LogP contribution < -0.4 is 16.4 Å². The predicted octanol–water partition coefficient (Wildman–Crippen LogP) is 1.38. The number of hydrogen-bond acceptors (Lipinski definition) is 2. The van der Waals surface area contributed by atoms with Crippen molar-refractivity contribution in [2.45, 2.75) is 13.8 Å². The molecule has 0 amide bonds. The van der Waals surface area contributed by atoms with Gasteiger partial charge in [0, 0.05) is 6.54 Å². The molecule has 4 N–H and O–H groups in total. The maximum Gasteiger partial charge on any atom is 0.202 e. The third-order valence-corrected chi connectivity index (χ3v) is 2.24. The van der Waals surface area contributed by atoms with E-state index in [1.54, 1.807) is 4.90 Å². The number of aryl methyl sites for hydroxylation is 1. The van der Waals surface area contributed by atoms with Gasteiger partial charge in [-0.3, -0.25) is 9.89 Å². The summed E-state index contributed by atoms with van der Waals surface area (Å²) in [4.78, 5) is 5.65. The Morgan fingerprint density at radius 2 is 1.88 bits per heavy atom. The molecule has 0 atom stereocenters. The second kappa shape index (κ2) is 5.46. The van der Waals surface area contributed by atoms with E-state index in [1.807, 2.05) is 38.1 Å². The predicted molar refractivity (Wildman–Crippen MR) is 72.6 cm³/mol. The number of aliphatic imine (C=N–C) groups is 1. The van der Waals surface area contributed by atoms with Crippen LogP contribution >= 0.6 is 12.2 Å². The third kappa shape index (κ3) is 2.93. The zero-order chi connectivity index (χ0) is 12.1. The molecule has 5 heteroatoms. The van der Waals surface area contributed by atoms with Gasteiger partial charge in [-0.05, 0) is 38.2 Å². The Hall–Kier alpha value is -1.62. The highest BCUT2D eigenvalue weighted by molar-refractivity contribution is 7.80. The van der Waals surface area contributed by atoms with Gasteiger partial charge in [-0.25, -0.2) is 0 Å². The number of rotatable bonds is 2. The van der Waals surface area contributed by atoms with Crippen molar-refractivity contribution in [1.82, 2.24) is 0 Å². The van der Waals surface area contributed by atoms with Crippen LogP contribution in [-0.4, -0.2) is 17.6 Å². The van der Waals surface area contributed by atoms with Crippen molar-refractivity contribution in [2.24, 2.45) is 16.5 Å². The average Bonchev–Trinajstić information content (AvgIpc) is 2.21. The summed E-state index contributed by atoms with van der Waals surface area (Å²) >= 11 is 4.97. The van der Waals surface area contributed by atoms with Gasteiger partial charge in [0.1, 0.15) is 0 Å². The number of guanidine groups is 1. The van der Waals surface area contributed by atoms with E-state index in [-0.39, 0.29) is 5.11 Å². The van der Waals surface area contributed by atoms with Crippen LogP contribution in [0.3, 0.4) is 0 Å². The first kappa shape index (κ1) is 12.4. The van der Waals surface area contributed by atoms with E-state index < -0.39 is 0 Å². The molecule has 0 saturated heterocycles. The van der Waals surface area contributed by atoms with Crippen LogP contribution in [0.5, 0.6) is 0 Å². The Labute approximate surface area is 101 Å². The molecule has 0 aliphatic carbocycles. The van der Waals surface area contributed by atoms with E-state index in [2.05, 4.69) is 4.99 Å². The fraction of sp³-hybridized carbons (Fsp3) is 0.273. The minimum absolute atomic E-state index is 0.193. The van der Waals surface area contributed by atoms with Gasteiger partial charge in [0.2, 0.25) is 5.96 Å². The van der Waals surface area contributed by atoms with Crippen molar-refractivity contribution in [3.8, 4) is 0 Å². The van der Waals surface area contributed by atoms with E-state index in [1.165, 1.54) is 0 Å². The summed E-state index contributed by atoms with van der Waals surface area (Å²) in [6.45, 7) is 4.51. The highest BCUT2D eigenvalue weighted by Crippen LogP contribution is 2.14. The Morgan fingerprint density at radius 3 is 2.31 bits per heavy atom. The first-order valence-electron chi connectivity index (χ1n) is 5.02. The molecule has 0 aliphatic rings. The van der Waals surface area contributed by atoms with Crippen LogP contribution in [0.2, 0.25) is 0 Å². The van der Waals surface area contributed by atoms with Crippen LogP contribution in [0, 0.1) is 6.92 Å². The monoisotopic (exact) mass is 236 g/mol. The lowest BCUT2D eigenvalue weighted by Crippen LogP contribution is -2.45. The first-order chi connectivity index (χ1) is 7.56. The molecular weight excluding hydrogens is 220 g/mol. The molecular formula is C11H16N4S. The maximum atomic E-state index is 5.81. The molecule has 0 aliphatic heterocycles. The molecule has 4 nitrogen and oxygen atoms in total. The molecule has 0 bridgehead atoms. The van der Waals surface area contributed by atoms with Crippen LogP contribution in [0.1, 0.15) is 12.5 Å². The summed E-state index contributed by atoms with van der Waals surface area (Å²) in [5.41, 5.74) is 13.4. The quantitative estimate of drug-likeness (QED) is 0.462. The number of nitrogens with zero attached hydrogens (tertiary/aromatic N) is 2. The molecule has 16 heavy (non-hydrogen) atoms. The average molecular weight is 236 g/mol. The summed E-state index contributed by atoms with van der Waals surface area (Å²) in [7, 11) is 0. The van der Waals surface area contributed by atoms with Crippen molar-refractivity contribution in [1.29, 1.82) is 0 Å². The van der Waals surface area contributed by atoms with Crippen molar-refractivity contribution < 1.29 is 0 Å². The third-order valence-electron chi connectivity index (χ3n) is 2.06. The number of hydrogen-bond donors (Lipinski definition) is 2. The summed E-state index contributed by atoms with van der Waals surface area (Å²) in [6, 6.07) is 7.76. The highest BCUT2D eigenvalue weighted by Gasteiger charge is 2.12.